The van der Waals surface area contributed by atoms with Gasteiger partial charge in [-0.15, -0.1) is 0 Å². The molecule has 20 heavy (non-hydrogen) atoms. The summed E-state index contributed by atoms with van der Waals surface area (Å²) in [6.45, 7) is 8.82. The first kappa shape index (κ1) is 14.1. The molecule has 0 bridgehead atoms. The summed E-state index contributed by atoms with van der Waals surface area (Å²) in [7, 11) is 0. The first-order valence-electron chi connectivity index (χ1n) is 6.79. The Bertz CT molecular complexity index is 651. The lowest BCUT2D eigenvalue weighted by atomic mass is 10.1. The van der Waals surface area contributed by atoms with Crippen LogP contribution in [-0.2, 0) is 0 Å². The number of hydrogen-bond acceptors (Lipinski definition) is 3. The molecule has 0 atom stereocenters. The number of aryl methyl sites for hydroxylation is 3. The Balaban J connectivity index is 2.58. The van der Waals surface area contributed by atoms with Crippen molar-refractivity contribution in [3.63, 3.8) is 0 Å². The second kappa shape index (κ2) is 5.75. The van der Waals surface area contributed by atoms with Gasteiger partial charge in [-0.2, -0.15) is 5.26 Å². The van der Waals surface area contributed by atoms with Gasteiger partial charge in [0.25, 0.3) is 0 Å². The minimum Gasteiger partial charge on any atom is -0.326 e. The summed E-state index contributed by atoms with van der Waals surface area (Å²) < 4.78 is 0. The first-order valence-corrected chi connectivity index (χ1v) is 6.79. The molecule has 1 aromatic heterocycles. The lowest BCUT2D eigenvalue weighted by Crippen LogP contribution is -2.19. The minimum absolute atomic E-state index is 0.651. The summed E-state index contributed by atoms with van der Waals surface area (Å²) in [4.78, 5) is 6.66. The van der Waals surface area contributed by atoms with E-state index in [1.807, 2.05) is 19.9 Å². The summed E-state index contributed by atoms with van der Waals surface area (Å²) in [5.41, 5.74) is 4.84. The fourth-order valence-corrected chi connectivity index (χ4v) is 2.33. The molecular formula is C17H19N3. The SMILES string of the molecule is CCN(c1ccc(C)cc1)c1nc(C)cc(C)c1C#N. The van der Waals surface area contributed by atoms with Crippen LogP contribution in [0.25, 0.3) is 0 Å². The molecule has 2 rings (SSSR count). The topological polar surface area (TPSA) is 39.9 Å². The van der Waals surface area contributed by atoms with E-state index in [2.05, 4.69) is 54.1 Å². The highest BCUT2D eigenvalue weighted by Gasteiger charge is 2.16. The van der Waals surface area contributed by atoms with Crippen molar-refractivity contribution in [1.82, 2.24) is 4.98 Å². The molecule has 0 N–H and O–H groups in total. The van der Waals surface area contributed by atoms with Gasteiger partial charge < -0.3 is 4.90 Å². The van der Waals surface area contributed by atoms with Gasteiger partial charge >= 0.3 is 0 Å². The predicted molar refractivity (Wildman–Crippen MR) is 82.3 cm³/mol. The Hall–Kier alpha value is -2.34. The van der Waals surface area contributed by atoms with Crippen LogP contribution in [0.4, 0.5) is 11.5 Å². The Morgan fingerprint density at radius 2 is 1.80 bits per heavy atom. The Labute approximate surface area is 120 Å². The van der Waals surface area contributed by atoms with Crippen molar-refractivity contribution < 1.29 is 0 Å². The van der Waals surface area contributed by atoms with Crippen LogP contribution < -0.4 is 4.90 Å². The molecule has 3 nitrogen and oxygen atoms in total. The van der Waals surface area contributed by atoms with Gasteiger partial charge in [0.15, 0.2) is 5.82 Å². The number of anilines is 2. The molecule has 0 amide bonds. The molecule has 0 aliphatic rings. The largest absolute Gasteiger partial charge is 0.326 e. The predicted octanol–water partition coefficient (Wildman–Crippen LogP) is 4.04. The number of benzene rings is 1. The van der Waals surface area contributed by atoms with Crippen molar-refractivity contribution in [2.24, 2.45) is 0 Å². The third-order valence-corrected chi connectivity index (χ3v) is 3.35. The zero-order chi connectivity index (χ0) is 14.7. The van der Waals surface area contributed by atoms with Crippen molar-refractivity contribution in [3.8, 4) is 6.07 Å². The van der Waals surface area contributed by atoms with Gasteiger partial charge in [-0.1, -0.05) is 17.7 Å². The summed E-state index contributed by atoms with van der Waals surface area (Å²) in [5, 5.41) is 9.41. The van der Waals surface area contributed by atoms with Crippen LogP contribution in [0.1, 0.15) is 29.3 Å². The van der Waals surface area contributed by atoms with Gasteiger partial charge in [0, 0.05) is 17.9 Å². The molecule has 102 valence electrons. The molecule has 0 aliphatic carbocycles. The van der Waals surface area contributed by atoms with Crippen molar-refractivity contribution in [3.05, 3.63) is 52.7 Å². The normalized spacial score (nSPS) is 10.2. The van der Waals surface area contributed by atoms with E-state index in [-0.39, 0.29) is 0 Å². The van der Waals surface area contributed by atoms with Gasteiger partial charge in [-0.25, -0.2) is 4.98 Å². The maximum absolute atomic E-state index is 9.41. The van der Waals surface area contributed by atoms with Crippen molar-refractivity contribution in [2.45, 2.75) is 27.7 Å². The minimum atomic E-state index is 0.651. The Morgan fingerprint density at radius 1 is 1.15 bits per heavy atom. The maximum atomic E-state index is 9.41. The number of aromatic nitrogens is 1. The smallest absolute Gasteiger partial charge is 0.151 e. The van der Waals surface area contributed by atoms with E-state index in [9.17, 15) is 5.26 Å². The average molecular weight is 265 g/mol. The van der Waals surface area contributed by atoms with Crippen LogP contribution in [0.3, 0.4) is 0 Å². The van der Waals surface area contributed by atoms with Crippen LogP contribution in [0.5, 0.6) is 0 Å². The molecule has 2 aromatic rings. The Morgan fingerprint density at radius 3 is 2.35 bits per heavy atom. The quantitative estimate of drug-likeness (QED) is 0.841. The van der Waals surface area contributed by atoms with Crippen LogP contribution in [0.2, 0.25) is 0 Å². The standard InChI is InChI=1S/C17H19N3/c1-5-20(15-8-6-12(2)7-9-15)17-16(11-18)13(3)10-14(4)19-17/h6-10H,5H2,1-4H3. The molecule has 1 heterocycles. The second-order valence-corrected chi connectivity index (χ2v) is 4.97. The molecule has 0 saturated heterocycles. The molecule has 0 fully saturated rings. The number of rotatable bonds is 3. The van der Waals surface area contributed by atoms with Crippen molar-refractivity contribution >= 4 is 11.5 Å². The number of nitrogens with zero attached hydrogens (tertiary/aromatic N) is 3. The monoisotopic (exact) mass is 265 g/mol. The van der Waals surface area contributed by atoms with Gasteiger partial charge in [-0.05, 0) is 51.5 Å². The zero-order valence-electron chi connectivity index (χ0n) is 12.4. The average Bonchev–Trinajstić information content (AvgIpc) is 2.41. The summed E-state index contributed by atoms with van der Waals surface area (Å²) in [6.07, 6.45) is 0. The van der Waals surface area contributed by atoms with Gasteiger partial charge in [0.1, 0.15) is 6.07 Å². The van der Waals surface area contributed by atoms with Crippen molar-refractivity contribution in [1.29, 1.82) is 5.26 Å². The number of nitriles is 1. The van der Waals surface area contributed by atoms with Gasteiger partial charge in [0.05, 0.1) is 5.56 Å². The van der Waals surface area contributed by atoms with E-state index < -0.39 is 0 Å². The molecule has 0 spiro atoms. The van der Waals surface area contributed by atoms with Crippen LogP contribution in [-0.4, -0.2) is 11.5 Å². The summed E-state index contributed by atoms with van der Waals surface area (Å²) in [6, 6.07) is 12.5. The third kappa shape index (κ3) is 2.65. The lowest BCUT2D eigenvalue weighted by Gasteiger charge is -2.24. The first-order chi connectivity index (χ1) is 9.56. The van der Waals surface area contributed by atoms with E-state index in [1.165, 1.54) is 5.56 Å². The molecule has 0 unspecified atom stereocenters. The van der Waals surface area contributed by atoms with E-state index >= 15 is 0 Å². The van der Waals surface area contributed by atoms with E-state index in [1.54, 1.807) is 0 Å². The van der Waals surface area contributed by atoms with Crippen LogP contribution >= 0.6 is 0 Å². The fraction of sp³-hybridized carbons (Fsp3) is 0.294. The molecule has 1 aromatic carbocycles. The van der Waals surface area contributed by atoms with Crippen LogP contribution in [0, 0.1) is 32.1 Å². The van der Waals surface area contributed by atoms with Gasteiger partial charge in [-0.3, -0.25) is 0 Å². The Kier molecular flexibility index (Phi) is 4.05. The molecule has 0 radical (unpaired) electrons. The fourth-order valence-electron chi connectivity index (χ4n) is 2.33. The number of pyridine rings is 1. The lowest BCUT2D eigenvalue weighted by molar-refractivity contribution is 0.969. The molecule has 0 aliphatic heterocycles. The summed E-state index contributed by atoms with van der Waals surface area (Å²) in [5.74, 6) is 0.747. The van der Waals surface area contributed by atoms with Crippen molar-refractivity contribution in [2.75, 3.05) is 11.4 Å². The van der Waals surface area contributed by atoms with Crippen LogP contribution in [0.15, 0.2) is 30.3 Å². The van der Waals surface area contributed by atoms with Gasteiger partial charge in [0.2, 0.25) is 0 Å². The molecule has 0 saturated carbocycles. The number of hydrogen-bond donors (Lipinski definition) is 0. The molecular weight excluding hydrogens is 246 g/mol. The van der Waals surface area contributed by atoms with E-state index in [0.29, 0.717) is 5.56 Å². The molecule has 3 heteroatoms. The van der Waals surface area contributed by atoms with E-state index in [4.69, 9.17) is 0 Å². The maximum Gasteiger partial charge on any atom is 0.151 e. The second-order valence-electron chi connectivity index (χ2n) is 4.97. The zero-order valence-corrected chi connectivity index (χ0v) is 12.4. The highest BCUT2D eigenvalue weighted by atomic mass is 15.2. The highest BCUT2D eigenvalue weighted by Crippen LogP contribution is 2.28. The third-order valence-electron chi connectivity index (χ3n) is 3.35. The highest BCUT2D eigenvalue weighted by molar-refractivity contribution is 5.67. The summed E-state index contributed by atoms with van der Waals surface area (Å²) >= 11 is 0. The van der Waals surface area contributed by atoms with E-state index in [0.717, 1.165) is 29.3 Å².